The van der Waals surface area contributed by atoms with Gasteiger partial charge in [-0.2, -0.15) is 0 Å². The molecule has 148 valence electrons. The number of carbonyl (C=O) groups excluding carboxylic acids is 1. The molecule has 0 unspecified atom stereocenters. The summed E-state index contributed by atoms with van der Waals surface area (Å²) in [7, 11) is 3.96. The number of anilines is 1. The van der Waals surface area contributed by atoms with E-state index < -0.39 is 0 Å². The predicted octanol–water partition coefficient (Wildman–Crippen LogP) is 3.04. The van der Waals surface area contributed by atoms with Gasteiger partial charge in [-0.3, -0.25) is 4.79 Å². The summed E-state index contributed by atoms with van der Waals surface area (Å²) >= 11 is 0. The summed E-state index contributed by atoms with van der Waals surface area (Å²) < 4.78 is 0. The van der Waals surface area contributed by atoms with Crippen molar-refractivity contribution in [1.29, 1.82) is 0 Å². The molecule has 2 aromatic carbocycles. The lowest BCUT2D eigenvalue weighted by Crippen LogP contribution is -2.38. The first-order valence-electron chi connectivity index (χ1n) is 9.70. The Morgan fingerprint density at radius 2 is 1.79 bits per heavy atom. The van der Waals surface area contributed by atoms with Crippen LogP contribution in [0.5, 0.6) is 5.75 Å². The summed E-state index contributed by atoms with van der Waals surface area (Å²) in [6.45, 7) is 1.07. The molecule has 1 aliphatic rings. The number of carbonyl (C=O) groups is 1. The second-order valence-corrected chi connectivity index (χ2v) is 7.43. The van der Waals surface area contributed by atoms with Gasteiger partial charge in [0.15, 0.2) is 5.82 Å². The number of aromatic nitrogens is 2. The van der Waals surface area contributed by atoms with Gasteiger partial charge in [0.25, 0.3) is 0 Å². The highest BCUT2D eigenvalue weighted by Gasteiger charge is 2.26. The summed E-state index contributed by atoms with van der Waals surface area (Å²) in [6, 6.07) is 16.9. The molecular formula is C23H24N4O2. The van der Waals surface area contributed by atoms with Crippen LogP contribution < -0.4 is 4.90 Å². The fourth-order valence-electron chi connectivity index (χ4n) is 3.64. The van der Waals surface area contributed by atoms with Gasteiger partial charge in [-0.25, -0.2) is 9.97 Å². The maximum atomic E-state index is 12.9. The summed E-state index contributed by atoms with van der Waals surface area (Å²) in [5, 5.41) is 9.98. The van der Waals surface area contributed by atoms with Gasteiger partial charge >= 0.3 is 0 Å². The van der Waals surface area contributed by atoms with Crippen LogP contribution in [-0.2, 0) is 24.2 Å². The zero-order valence-corrected chi connectivity index (χ0v) is 16.7. The lowest BCUT2D eigenvalue weighted by molar-refractivity contribution is -0.131. The third-order valence-corrected chi connectivity index (χ3v) is 5.18. The molecule has 29 heavy (non-hydrogen) atoms. The second kappa shape index (κ2) is 7.91. The van der Waals surface area contributed by atoms with Gasteiger partial charge < -0.3 is 14.9 Å². The van der Waals surface area contributed by atoms with Crippen LogP contribution in [0.15, 0.2) is 54.6 Å². The highest BCUT2D eigenvalue weighted by molar-refractivity contribution is 5.80. The van der Waals surface area contributed by atoms with E-state index in [1.165, 1.54) is 0 Å². The van der Waals surface area contributed by atoms with Gasteiger partial charge in [0.05, 0.1) is 18.7 Å². The molecule has 1 aromatic heterocycles. The largest absolute Gasteiger partial charge is 0.508 e. The molecule has 0 aliphatic carbocycles. The first-order chi connectivity index (χ1) is 14.0. The molecule has 1 aliphatic heterocycles. The normalized spacial score (nSPS) is 13.1. The Hall–Kier alpha value is -3.41. The minimum atomic E-state index is -0.0107. The zero-order valence-electron chi connectivity index (χ0n) is 16.7. The van der Waals surface area contributed by atoms with Crippen LogP contribution in [-0.4, -0.2) is 46.5 Å². The monoisotopic (exact) mass is 388 g/mol. The Balaban J connectivity index is 1.63. The van der Waals surface area contributed by atoms with Crippen molar-refractivity contribution >= 4 is 11.7 Å². The van der Waals surface area contributed by atoms with Crippen molar-refractivity contribution in [1.82, 2.24) is 14.9 Å². The van der Waals surface area contributed by atoms with Crippen LogP contribution in [0.3, 0.4) is 0 Å². The summed E-state index contributed by atoms with van der Waals surface area (Å²) in [5.74, 6) is 1.72. The van der Waals surface area contributed by atoms with E-state index in [0.29, 0.717) is 30.9 Å². The Bertz CT molecular complexity index is 1030. The van der Waals surface area contributed by atoms with Crippen LogP contribution in [0.2, 0.25) is 0 Å². The van der Waals surface area contributed by atoms with Crippen molar-refractivity contribution in [3.8, 4) is 17.1 Å². The van der Waals surface area contributed by atoms with E-state index in [9.17, 15) is 9.90 Å². The maximum Gasteiger partial charge on any atom is 0.227 e. The molecule has 0 saturated carbocycles. The smallest absolute Gasteiger partial charge is 0.227 e. The molecule has 6 nitrogen and oxygen atoms in total. The first kappa shape index (κ1) is 18.9. The van der Waals surface area contributed by atoms with Crippen LogP contribution in [0.25, 0.3) is 11.4 Å². The number of hydrogen-bond acceptors (Lipinski definition) is 5. The number of phenols is 1. The van der Waals surface area contributed by atoms with Gasteiger partial charge in [-0.1, -0.05) is 48.5 Å². The molecule has 4 rings (SSSR count). The molecule has 0 spiro atoms. The highest BCUT2D eigenvalue weighted by Crippen LogP contribution is 2.29. The van der Waals surface area contributed by atoms with E-state index in [2.05, 4.69) is 0 Å². The minimum Gasteiger partial charge on any atom is -0.508 e. The van der Waals surface area contributed by atoms with Gasteiger partial charge in [0.2, 0.25) is 5.91 Å². The van der Waals surface area contributed by atoms with Crippen molar-refractivity contribution < 1.29 is 9.90 Å². The van der Waals surface area contributed by atoms with Gasteiger partial charge in [-0.05, 0) is 12.5 Å². The lowest BCUT2D eigenvalue weighted by Gasteiger charge is -2.31. The fourth-order valence-corrected chi connectivity index (χ4v) is 3.64. The minimum absolute atomic E-state index is 0.0107. The van der Waals surface area contributed by atoms with E-state index in [-0.39, 0.29) is 18.1 Å². The number of phenolic OH excluding ortho intramolecular Hbond substituents is 1. The standard InChI is InChI=1S/C23H24N4O2/c1-26(2)23-18-12-13-27(21(29)14-17-10-6-7-11-20(17)28)15-19(18)24-22(25-23)16-8-4-3-5-9-16/h3-11,28H,12-15H2,1-2H3. The number of fused-ring (bicyclic) bond motifs is 1. The average molecular weight is 388 g/mol. The van der Waals surface area contributed by atoms with E-state index in [1.807, 2.05) is 60.3 Å². The summed E-state index contributed by atoms with van der Waals surface area (Å²) in [4.78, 5) is 26.3. The van der Waals surface area contributed by atoms with Crippen molar-refractivity contribution in [3.05, 3.63) is 71.4 Å². The molecule has 1 amide bonds. The number of rotatable bonds is 4. The van der Waals surface area contributed by atoms with Crippen LogP contribution in [0, 0.1) is 0 Å². The number of hydrogen-bond donors (Lipinski definition) is 1. The van der Waals surface area contributed by atoms with E-state index in [4.69, 9.17) is 9.97 Å². The SMILES string of the molecule is CN(C)c1nc(-c2ccccc2)nc2c1CCN(C(=O)Cc1ccccc1O)C2. The number of aromatic hydroxyl groups is 1. The number of benzene rings is 2. The van der Waals surface area contributed by atoms with Crippen LogP contribution >= 0.6 is 0 Å². The van der Waals surface area contributed by atoms with Crippen LogP contribution in [0.4, 0.5) is 5.82 Å². The molecule has 0 radical (unpaired) electrons. The van der Waals surface area contributed by atoms with Crippen molar-refractivity contribution in [2.45, 2.75) is 19.4 Å². The van der Waals surface area contributed by atoms with E-state index in [0.717, 1.165) is 22.6 Å². The molecule has 0 atom stereocenters. The molecule has 0 saturated heterocycles. The number of para-hydroxylation sites is 1. The molecule has 0 bridgehead atoms. The van der Waals surface area contributed by atoms with E-state index in [1.54, 1.807) is 18.2 Å². The lowest BCUT2D eigenvalue weighted by atomic mass is 10.0. The first-order valence-corrected chi connectivity index (χ1v) is 9.70. The predicted molar refractivity (Wildman–Crippen MR) is 113 cm³/mol. The topological polar surface area (TPSA) is 69.6 Å². The second-order valence-electron chi connectivity index (χ2n) is 7.43. The van der Waals surface area contributed by atoms with Crippen molar-refractivity contribution in [2.75, 3.05) is 25.5 Å². The third kappa shape index (κ3) is 3.92. The number of amides is 1. The molecule has 2 heterocycles. The Kier molecular flexibility index (Phi) is 5.16. The molecule has 1 N–H and O–H groups in total. The zero-order chi connectivity index (χ0) is 20.4. The molecule has 0 fully saturated rings. The Morgan fingerprint density at radius 3 is 2.52 bits per heavy atom. The summed E-state index contributed by atoms with van der Waals surface area (Å²) in [6.07, 6.45) is 0.892. The van der Waals surface area contributed by atoms with E-state index >= 15 is 0 Å². The maximum absolute atomic E-state index is 12.9. The Labute approximate surface area is 170 Å². The van der Waals surface area contributed by atoms with Crippen LogP contribution in [0.1, 0.15) is 16.8 Å². The molecular weight excluding hydrogens is 364 g/mol. The highest BCUT2D eigenvalue weighted by atomic mass is 16.3. The Morgan fingerprint density at radius 1 is 1.07 bits per heavy atom. The average Bonchev–Trinajstić information content (AvgIpc) is 2.74. The molecule has 6 heteroatoms. The fraction of sp³-hybridized carbons (Fsp3) is 0.261. The third-order valence-electron chi connectivity index (χ3n) is 5.18. The van der Waals surface area contributed by atoms with Crippen molar-refractivity contribution in [2.24, 2.45) is 0 Å². The summed E-state index contributed by atoms with van der Waals surface area (Å²) in [5.41, 5.74) is 3.58. The number of nitrogens with zero attached hydrogens (tertiary/aromatic N) is 4. The molecule has 3 aromatic rings. The quantitative estimate of drug-likeness (QED) is 0.744. The van der Waals surface area contributed by atoms with Crippen molar-refractivity contribution in [3.63, 3.8) is 0 Å². The van der Waals surface area contributed by atoms with Gasteiger partial charge in [-0.15, -0.1) is 0 Å². The van der Waals surface area contributed by atoms with Gasteiger partial charge in [0, 0.05) is 37.3 Å². The van der Waals surface area contributed by atoms with Gasteiger partial charge in [0.1, 0.15) is 11.6 Å².